The van der Waals surface area contributed by atoms with Gasteiger partial charge in [0.05, 0.1) is 0 Å². The van der Waals surface area contributed by atoms with E-state index in [0.29, 0.717) is 0 Å². The fraction of sp³-hybridized carbons (Fsp3) is 0.667. The van der Waals surface area contributed by atoms with Gasteiger partial charge in [-0.3, -0.25) is 14.5 Å². The van der Waals surface area contributed by atoms with E-state index < -0.39 is 0 Å². The molecule has 0 atom stereocenters. The van der Waals surface area contributed by atoms with E-state index >= 15 is 0 Å². The van der Waals surface area contributed by atoms with E-state index in [1.54, 1.807) is 0 Å². The quantitative estimate of drug-likeness (QED) is 0.260. The average Bonchev–Trinajstić information content (AvgIpc) is 2.10. The second kappa shape index (κ2) is 4.44. The number of imide groups is 1. The van der Waals surface area contributed by atoms with Gasteiger partial charge in [-0.2, -0.15) is 0 Å². The fourth-order valence-corrected chi connectivity index (χ4v) is 0.959. The molecular weight excluding hydrogens is 176 g/mol. The van der Waals surface area contributed by atoms with Gasteiger partial charge in [-0.15, -0.1) is 0 Å². The Morgan fingerprint density at radius 1 is 1.46 bits per heavy atom. The minimum Gasteiger partial charge on any atom is -0.362 e. The predicted molar refractivity (Wildman–Crippen MR) is 41.6 cm³/mol. The highest BCUT2D eigenvalue weighted by Crippen LogP contribution is 1.99. The molecule has 7 nitrogen and oxygen atoms in total. The van der Waals surface area contributed by atoms with E-state index in [0.717, 1.165) is 4.90 Å². The van der Waals surface area contributed by atoms with E-state index in [4.69, 9.17) is 5.53 Å². The van der Waals surface area contributed by atoms with Crippen LogP contribution in [0.25, 0.3) is 10.4 Å². The Balaban J connectivity index is 2.49. The van der Waals surface area contributed by atoms with Crippen molar-refractivity contribution >= 4 is 11.8 Å². The van der Waals surface area contributed by atoms with Gasteiger partial charge >= 0.3 is 0 Å². The number of amides is 2. The molecule has 0 spiro atoms. The van der Waals surface area contributed by atoms with Crippen molar-refractivity contribution in [2.75, 3.05) is 26.3 Å². The van der Waals surface area contributed by atoms with Crippen molar-refractivity contribution in [3.63, 3.8) is 0 Å². The number of rotatable bonds is 3. The highest BCUT2D eigenvalue weighted by atomic mass is 16.5. The molecule has 0 aromatic carbocycles. The number of carbonyl (C=O) groups excluding carboxylic acids is 2. The van der Waals surface area contributed by atoms with Crippen LogP contribution in [0.3, 0.4) is 0 Å². The minimum absolute atomic E-state index is 0.0813. The van der Waals surface area contributed by atoms with Crippen molar-refractivity contribution < 1.29 is 14.3 Å². The maximum atomic E-state index is 11.0. The second-order valence-corrected chi connectivity index (χ2v) is 2.39. The van der Waals surface area contributed by atoms with Gasteiger partial charge in [0.2, 0.25) is 0 Å². The van der Waals surface area contributed by atoms with Crippen LogP contribution in [0.1, 0.15) is 0 Å². The van der Waals surface area contributed by atoms with Gasteiger partial charge in [0, 0.05) is 18.0 Å². The predicted octanol–water partition coefficient (Wildman–Crippen LogP) is -0.318. The Kier molecular flexibility index (Phi) is 3.24. The van der Waals surface area contributed by atoms with Crippen LogP contribution in [0.2, 0.25) is 0 Å². The van der Waals surface area contributed by atoms with E-state index in [2.05, 4.69) is 14.8 Å². The van der Waals surface area contributed by atoms with Gasteiger partial charge in [0.1, 0.15) is 13.2 Å². The van der Waals surface area contributed by atoms with Crippen LogP contribution < -0.4 is 0 Å². The van der Waals surface area contributed by atoms with Crippen molar-refractivity contribution in [3.8, 4) is 0 Å². The zero-order valence-electron chi connectivity index (χ0n) is 6.84. The lowest BCUT2D eigenvalue weighted by molar-refractivity contribution is -0.158. The smallest absolute Gasteiger partial charge is 0.255 e. The normalized spacial score (nSPS) is 17.1. The first-order valence-corrected chi connectivity index (χ1v) is 3.67. The maximum Gasteiger partial charge on any atom is 0.255 e. The Morgan fingerprint density at radius 2 is 2.08 bits per heavy atom. The molecule has 13 heavy (non-hydrogen) atoms. The zero-order valence-corrected chi connectivity index (χ0v) is 6.84. The molecule has 0 bridgehead atoms. The van der Waals surface area contributed by atoms with Crippen molar-refractivity contribution in [2.24, 2.45) is 5.11 Å². The summed E-state index contributed by atoms with van der Waals surface area (Å²) in [4.78, 5) is 25.6. The Labute approximate surface area is 73.9 Å². The Bertz CT molecular complexity index is 255. The summed E-state index contributed by atoms with van der Waals surface area (Å²) in [7, 11) is 0. The summed E-state index contributed by atoms with van der Waals surface area (Å²) >= 11 is 0. The third-order valence-corrected chi connectivity index (χ3v) is 1.54. The van der Waals surface area contributed by atoms with Crippen molar-refractivity contribution in [1.29, 1.82) is 0 Å². The standard InChI is InChI=1S/C6H8N4O3/c7-9-8-1-2-10-5(11)3-13-4-6(10)12/h1-4H2. The zero-order chi connectivity index (χ0) is 9.68. The lowest BCUT2D eigenvalue weighted by atomic mass is 10.4. The molecule has 1 saturated heterocycles. The van der Waals surface area contributed by atoms with E-state index in [9.17, 15) is 9.59 Å². The molecule has 1 aliphatic rings. The number of hydrogen-bond acceptors (Lipinski definition) is 4. The molecule has 0 aromatic heterocycles. The Morgan fingerprint density at radius 3 is 2.62 bits per heavy atom. The van der Waals surface area contributed by atoms with Gasteiger partial charge in [-0.25, -0.2) is 0 Å². The van der Waals surface area contributed by atoms with Crippen LogP contribution >= 0.6 is 0 Å². The summed E-state index contributed by atoms with van der Waals surface area (Å²) in [6.07, 6.45) is 0. The molecule has 0 saturated carbocycles. The molecule has 0 N–H and O–H groups in total. The molecule has 1 fully saturated rings. The van der Waals surface area contributed by atoms with Crippen molar-refractivity contribution in [1.82, 2.24) is 4.90 Å². The van der Waals surface area contributed by atoms with E-state index in [1.807, 2.05) is 0 Å². The van der Waals surface area contributed by atoms with Crippen LogP contribution in [0.4, 0.5) is 0 Å². The van der Waals surface area contributed by atoms with Crippen molar-refractivity contribution in [3.05, 3.63) is 10.4 Å². The highest BCUT2D eigenvalue weighted by molar-refractivity contribution is 5.98. The molecule has 1 aliphatic heterocycles. The molecule has 7 heteroatoms. The van der Waals surface area contributed by atoms with E-state index in [1.165, 1.54) is 0 Å². The second-order valence-electron chi connectivity index (χ2n) is 2.39. The summed E-state index contributed by atoms with van der Waals surface area (Å²) in [6.45, 7) is 0.0725. The van der Waals surface area contributed by atoms with Gasteiger partial charge in [-0.05, 0) is 5.53 Å². The van der Waals surface area contributed by atoms with E-state index in [-0.39, 0.29) is 38.1 Å². The first kappa shape index (κ1) is 9.50. The number of morpholine rings is 1. The van der Waals surface area contributed by atoms with Crippen LogP contribution in [-0.4, -0.2) is 43.0 Å². The largest absolute Gasteiger partial charge is 0.362 e. The van der Waals surface area contributed by atoms with Gasteiger partial charge in [-0.1, -0.05) is 5.11 Å². The third kappa shape index (κ3) is 2.43. The molecule has 0 aliphatic carbocycles. The Hall–Kier alpha value is -1.59. The summed E-state index contributed by atoms with van der Waals surface area (Å²) in [5.74, 6) is -0.770. The molecule has 0 unspecified atom stereocenters. The van der Waals surface area contributed by atoms with Crippen LogP contribution in [0, 0.1) is 0 Å². The van der Waals surface area contributed by atoms with Gasteiger partial charge in [0.15, 0.2) is 0 Å². The summed E-state index contributed by atoms with van der Waals surface area (Å²) < 4.78 is 4.69. The molecule has 0 aromatic rings. The number of hydrogen-bond donors (Lipinski definition) is 0. The van der Waals surface area contributed by atoms with Crippen LogP contribution in [0.5, 0.6) is 0 Å². The molecule has 1 heterocycles. The summed E-state index contributed by atoms with van der Waals surface area (Å²) in [6, 6.07) is 0. The first-order valence-electron chi connectivity index (χ1n) is 3.67. The van der Waals surface area contributed by atoms with Crippen LogP contribution in [0.15, 0.2) is 5.11 Å². The van der Waals surface area contributed by atoms with Gasteiger partial charge in [0.25, 0.3) is 11.8 Å². The van der Waals surface area contributed by atoms with Gasteiger partial charge < -0.3 is 4.74 Å². The molecular formula is C6H8N4O3. The number of nitrogens with zero attached hydrogens (tertiary/aromatic N) is 4. The number of ether oxygens (including phenoxy) is 1. The highest BCUT2D eigenvalue weighted by Gasteiger charge is 2.25. The molecule has 2 amide bonds. The molecule has 70 valence electrons. The SMILES string of the molecule is [N-]=[N+]=NCCN1C(=O)COCC1=O. The average molecular weight is 184 g/mol. The lowest BCUT2D eigenvalue weighted by Crippen LogP contribution is -2.47. The number of azide groups is 1. The summed E-state index contributed by atoms with van der Waals surface area (Å²) in [5.41, 5.74) is 7.97. The first-order chi connectivity index (χ1) is 6.25. The summed E-state index contributed by atoms with van der Waals surface area (Å²) in [5, 5.41) is 3.23. The fourth-order valence-electron chi connectivity index (χ4n) is 0.959. The van der Waals surface area contributed by atoms with Crippen LogP contribution in [-0.2, 0) is 14.3 Å². The molecule has 1 rings (SSSR count). The maximum absolute atomic E-state index is 11.0. The number of carbonyl (C=O) groups is 2. The minimum atomic E-state index is -0.385. The monoisotopic (exact) mass is 184 g/mol. The third-order valence-electron chi connectivity index (χ3n) is 1.54. The molecule has 0 radical (unpaired) electrons. The van der Waals surface area contributed by atoms with Crippen molar-refractivity contribution in [2.45, 2.75) is 0 Å². The lowest BCUT2D eigenvalue weighted by Gasteiger charge is -2.23. The topological polar surface area (TPSA) is 95.4 Å².